The van der Waals surface area contributed by atoms with Crippen LogP contribution < -0.4 is 21.5 Å². The summed E-state index contributed by atoms with van der Waals surface area (Å²) in [6, 6.07) is 0.584. The number of nitrogens with zero attached hydrogens (tertiary/aromatic N) is 6. The summed E-state index contributed by atoms with van der Waals surface area (Å²) in [6.45, 7) is 2.64. The number of fused-ring (bicyclic) bond motifs is 1. The molecule has 2 aliphatic rings. The minimum Gasteiger partial charge on any atom is -0.478 e. The number of hydrogen-bond acceptors (Lipinski definition) is 12. The lowest BCUT2D eigenvalue weighted by Gasteiger charge is -2.49. The summed E-state index contributed by atoms with van der Waals surface area (Å²) >= 11 is 2.05. The van der Waals surface area contributed by atoms with Crippen LogP contribution in [0.25, 0.3) is 0 Å². The quantitative estimate of drug-likeness (QED) is 0.0994. The molecule has 16 nitrogen and oxygen atoms in total. The van der Waals surface area contributed by atoms with E-state index in [9.17, 15) is 29.4 Å². The molecule has 0 radical (unpaired) electrons. The lowest BCUT2D eigenvalue weighted by Crippen LogP contribution is -2.71. The van der Waals surface area contributed by atoms with Gasteiger partial charge in [-0.3, -0.25) is 14.5 Å². The average Bonchev–Trinajstić information content (AvgIpc) is 3.42. The van der Waals surface area contributed by atoms with Crippen LogP contribution >= 0.6 is 23.3 Å². The maximum absolute atomic E-state index is 13.1. The molecule has 0 aliphatic carbocycles. The van der Waals surface area contributed by atoms with Crippen molar-refractivity contribution >= 4 is 63.7 Å². The number of nitrogens with one attached hydrogen (secondary N) is 1. The van der Waals surface area contributed by atoms with Crippen molar-refractivity contribution in [1.29, 1.82) is 0 Å². The Bertz CT molecular complexity index is 1400. The molecule has 2 amide bonds. The monoisotopic (exact) mass is 566 g/mol. The van der Waals surface area contributed by atoms with Crippen LogP contribution in [-0.2, 0) is 37.6 Å². The molecule has 202 valence electrons. The van der Waals surface area contributed by atoms with Gasteiger partial charge in [-0.15, -0.1) is 21.1 Å². The van der Waals surface area contributed by atoms with Gasteiger partial charge in [-0.2, -0.15) is 9.36 Å². The molecule has 4 rings (SSSR count). The Balaban J connectivity index is 1.56. The molecule has 0 bridgehead atoms. The van der Waals surface area contributed by atoms with Crippen LogP contribution in [0.3, 0.4) is 0 Å². The van der Waals surface area contributed by atoms with Crippen molar-refractivity contribution < 1.29 is 38.9 Å². The first-order chi connectivity index (χ1) is 17.8. The van der Waals surface area contributed by atoms with Crippen molar-refractivity contribution in [3.63, 3.8) is 0 Å². The molecule has 2 aromatic rings. The highest BCUT2D eigenvalue weighted by Gasteiger charge is 2.55. The second kappa shape index (κ2) is 9.93. The van der Waals surface area contributed by atoms with Crippen molar-refractivity contribution in [3.05, 3.63) is 29.4 Å². The van der Waals surface area contributed by atoms with Crippen molar-refractivity contribution in [2.24, 2.45) is 12.2 Å². The van der Waals surface area contributed by atoms with E-state index >= 15 is 0 Å². The fourth-order valence-corrected chi connectivity index (χ4v) is 5.37. The Hall–Kier alpha value is -4.19. The third kappa shape index (κ3) is 4.86. The number of amides is 2. The fourth-order valence-electron chi connectivity index (χ4n) is 3.60. The number of nitrogen functional groups attached to an aromatic ring is 2. The molecule has 1 fully saturated rings. The van der Waals surface area contributed by atoms with E-state index in [2.05, 4.69) is 19.8 Å². The number of carboxylic acid groups (broad SMARTS) is 2. The van der Waals surface area contributed by atoms with Gasteiger partial charge in [-0.25, -0.2) is 9.59 Å². The number of aliphatic carboxylic acids is 2. The molecule has 18 heteroatoms. The molecular weight excluding hydrogens is 542 g/mol. The standard InChI is InChI=1S/C20H23N9O7S2/c1-20(2,18(34)35)36-25-10(13-24-19(22)38-26-13)14(30)23-11-15(31)29-12(17(32)33)8(7-37-16(11)29)6-28-5-4-9(21)27(28)3/h4-5,11,16,21H,6-7H2,1-3H3,(H5,22,23,24,26,30,32,33,34,35)/p+1/b25-10-/t11-,16-/m1/s1. The third-order valence-electron chi connectivity index (χ3n) is 5.81. The number of carboxylic acids is 2. The first-order valence-electron chi connectivity index (χ1n) is 10.9. The van der Waals surface area contributed by atoms with Crippen LogP contribution in [0.4, 0.5) is 10.9 Å². The highest BCUT2D eigenvalue weighted by atomic mass is 32.2. The lowest BCUT2D eigenvalue weighted by molar-refractivity contribution is -0.765. The lowest BCUT2D eigenvalue weighted by atomic mass is 10.0. The first-order valence-corrected chi connectivity index (χ1v) is 12.7. The van der Waals surface area contributed by atoms with E-state index in [1.807, 2.05) is 0 Å². The van der Waals surface area contributed by atoms with Crippen LogP contribution in [0.2, 0.25) is 0 Å². The molecule has 0 saturated carbocycles. The molecule has 0 spiro atoms. The second-order valence-electron chi connectivity index (χ2n) is 8.78. The summed E-state index contributed by atoms with van der Waals surface area (Å²) in [5.74, 6) is -3.64. The SMILES string of the molecule is Cn1c(N)cc[n+]1CC1=C(C(=O)O)N2C(=O)[C@@H](NC(=O)/C(=N\OC(C)(C)C(=O)O)c3nsc(N)n3)[C@H]2SC1. The molecule has 2 atom stereocenters. The largest absolute Gasteiger partial charge is 0.478 e. The highest BCUT2D eigenvalue weighted by Crippen LogP contribution is 2.40. The van der Waals surface area contributed by atoms with Crippen molar-refractivity contribution in [1.82, 2.24) is 24.3 Å². The second-order valence-corrected chi connectivity index (χ2v) is 10.7. The minimum absolute atomic E-state index is 0.0216. The van der Waals surface area contributed by atoms with Gasteiger partial charge in [0, 0.05) is 22.9 Å². The molecule has 1 saturated heterocycles. The molecule has 0 aromatic carbocycles. The number of rotatable bonds is 9. The van der Waals surface area contributed by atoms with Gasteiger partial charge in [0.2, 0.25) is 17.1 Å². The number of nitrogens with two attached hydrogens (primary N) is 2. The normalized spacial score (nSPS) is 19.6. The fraction of sp³-hybridized carbons (Fsp3) is 0.400. The molecule has 2 aliphatic heterocycles. The van der Waals surface area contributed by atoms with Crippen molar-refractivity contribution in [2.45, 2.75) is 37.4 Å². The summed E-state index contributed by atoms with van der Waals surface area (Å²) in [6.07, 6.45) is 1.70. The van der Waals surface area contributed by atoms with Gasteiger partial charge in [0.05, 0.1) is 13.1 Å². The molecule has 0 unspecified atom stereocenters. The van der Waals surface area contributed by atoms with Gasteiger partial charge in [0.1, 0.15) is 17.1 Å². The molecular formula is C20H24N9O7S2+. The van der Waals surface area contributed by atoms with E-state index in [0.717, 1.165) is 16.4 Å². The third-order valence-corrected chi connectivity index (χ3v) is 7.70. The van der Waals surface area contributed by atoms with Crippen LogP contribution in [-0.4, -0.2) is 81.4 Å². The number of hydrogen-bond donors (Lipinski definition) is 5. The number of thioether (sulfide) groups is 1. The van der Waals surface area contributed by atoms with Crippen LogP contribution in [0, 0.1) is 0 Å². The maximum atomic E-state index is 13.1. The smallest absolute Gasteiger partial charge is 0.352 e. The minimum atomic E-state index is -1.78. The number of aromatic nitrogens is 4. The Kier molecular flexibility index (Phi) is 7.02. The van der Waals surface area contributed by atoms with Gasteiger partial charge in [0.25, 0.3) is 11.8 Å². The van der Waals surface area contributed by atoms with E-state index in [0.29, 0.717) is 11.4 Å². The summed E-state index contributed by atoms with van der Waals surface area (Å²) in [5.41, 5.74) is 9.52. The van der Waals surface area contributed by atoms with E-state index < -0.39 is 46.5 Å². The predicted octanol–water partition coefficient (Wildman–Crippen LogP) is -1.65. The zero-order valence-corrected chi connectivity index (χ0v) is 21.9. The Morgan fingerprint density at radius 2 is 2.05 bits per heavy atom. The van der Waals surface area contributed by atoms with Crippen LogP contribution in [0.15, 0.2) is 28.7 Å². The summed E-state index contributed by atoms with van der Waals surface area (Å²) < 4.78 is 7.28. The summed E-state index contributed by atoms with van der Waals surface area (Å²) in [4.78, 5) is 59.7. The Morgan fingerprint density at radius 1 is 1.34 bits per heavy atom. The van der Waals surface area contributed by atoms with E-state index in [1.165, 1.54) is 25.6 Å². The summed E-state index contributed by atoms with van der Waals surface area (Å²) in [5, 5.41) is 24.7. The maximum Gasteiger partial charge on any atom is 0.352 e. The number of β-lactam (4-membered cyclic amide) rings is 1. The summed E-state index contributed by atoms with van der Waals surface area (Å²) in [7, 11) is 1.72. The van der Waals surface area contributed by atoms with Crippen molar-refractivity contribution in [3.8, 4) is 0 Å². The Morgan fingerprint density at radius 3 is 2.61 bits per heavy atom. The van der Waals surface area contributed by atoms with Gasteiger partial charge < -0.3 is 31.8 Å². The number of carbonyl (C=O) groups excluding carboxylic acids is 2. The average molecular weight is 567 g/mol. The van der Waals surface area contributed by atoms with Gasteiger partial charge >= 0.3 is 11.9 Å². The van der Waals surface area contributed by atoms with Crippen LogP contribution in [0.1, 0.15) is 19.7 Å². The molecule has 4 heterocycles. The topological polar surface area (TPSA) is 232 Å². The zero-order valence-electron chi connectivity index (χ0n) is 20.3. The highest BCUT2D eigenvalue weighted by molar-refractivity contribution is 8.00. The molecule has 7 N–H and O–H groups in total. The number of carbonyl (C=O) groups is 4. The van der Waals surface area contributed by atoms with Gasteiger partial charge in [-0.1, -0.05) is 5.16 Å². The zero-order chi connectivity index (χ0) is 27.9. The van der Waals surface area contributed by atoms with Crippen molar-refractivity contribution in [2.75, 3.05) is 17.2 Å². The van der Waals surface area contributed by atoms with Gasteiger partial charge in [-0.05, 0) is 13.8 Å². The molecule has 2 aromatic heterocycles. The van der Waals surface area contributed by atoms with E-state index in [4.69, 9.17) is 16.3 Å². The van der Waals surface area contributed by atoms with E-state index in [-0.39, 0.29) is 29.0 Å². The first kappa shape index (κ1) is 26.9. The number of oxime groups is 1. The van der Waals surface area contributed by atoms with Crippen LogP contribution in [0.5, 0.6) is 0 Å². The molecule has 38 heavy (non-hydrogen) atoms. The number of anilines is 2. The Labute approximate surface area is 223 Å². The van der Waals surface area contributed by atoms with Gasteiger partial charge in [0.15, 0.2) is 23.7 Å². The van der Waals surface area contributed by atoms with E-state index in [1.54, 1.807) is 28.7 Å². The predicted molar refractivity (Wildman–Crippen MR) is 133 cm³/mol.